The van der Waals surface area contributed by atoms with E-state index in [4.69, 9.17) is 4.74 Å². The van der Waals surface area contributed by atoms with Crippen molar-refractivity contribution in [2.75, 3.05) is 10.6 Å². The third-order valence-electron chi connectivity index (χ3n) is 4.21. The standard InChI is InChI=1S/C20H17N3O3S/c1-11-4-3-5-14(8-11)19(25)23-20-22-16(10-27-20)13-6-7-17-15(9-13)21-18(24)12(2)26-17/h3-10,12H,1-2H3,(H,21,24)(H,22,23,25)/t12-/m0/s1. The molecule has 2 amide bonds. The van der Waals surface area contributed by atoms with Crippen LogP contribution in [0.1, 0.15) is 22.8 Å². The number of anilines is 2. The quantitative estimate of drug-likeness (QED) is 0.718. The third-order valence-corrected chi connectivity index (χ3v) is 4.97. The number of rotatable bonds is 3. The lowest BCUT2D eigenvalue weighted by Crippen LogP contribution is -2.34. The van der Waals surface area contributed by atoms with Crippen LogP contribution in [0.2, 0.25) is 0 Å². The second-order valence-electron chi connectivity index (χ2n) is 6.32. The summed E-state index contributed by atoms with van der Waals surface area (Å²) in [5.41, 5.74) is 3.79. The Kier molecular flexibility index (Phi) is 4.37. The molecule has 0 fully saturated rings. The van der Waals surface area contributed by atoms with Crippen LogP contribution in [-0.4, -0.2) is 22.9 Å². The topological polar surface area (TPSA) is 80.3 Å². The Morgan fingerprint density at radius 2 is 2.11 bits per heavy atom. The monoisotopic (exact) mass is 379 g/mol. The molecule has 4 rings (SSSR count). The van der Waals surface area contributed by atoms with E-state index in [1.807, 2.05) is 48.7 Å². The number of carbonyl (C=O) groups is 2. The number of amides is 2. The van der Waals surface area contributed by atoms with Crippen LogP contribution < -0.4 is 15.4 Å². The van der Waals surface area contributed by atoms with Crippen molar-refractivity contribution in [3.8, 4) is 17.0 Å². The second-order valence-corrected chi connectivity index (χ2v) is 7.18. The zero-order chi connectivity index (χ0) is 19.0. The maximum atomic E-state index is 12.4. The molecule has 0 saturated heterocycles. The molecule has 7 heteroatoms. The van der Waals surface area contributed by atoms with Crippen molar-refractivity contribution in [1.29, 1.82) is 0 Å². The average molecular weight is 379 g/mol. The molecule has 2 N–H and O–H groups in total. The molecular weight excluding hydrogens is 362 g/mol. The van der Waals surface area contributed by atoms with Crippen molar-refractivity contribution < 1.29 is 14.3 Å². The zero-order valence-electron chi connectivity index (χ0n) is 14.8. The van der Waals surface area contributed by atoms with Gasteiger partial charge in [0.1, 0.15) is 5.75 Å². The predicted molar refractivity (Wildman–Crippen MR) is 105 cm³/mol. The van der Waals surface area contributed by atoms with Gasteiger partial charge in [-0.15, -0.1) is 11.3 Å². The van der Waals surface area contributed by atoms with Gasteiger partial charge in [0.25, 0.3) is 11.8 Å². The summed E-state index contributed by atoms with van der Waals surface area (Å²) < 4.78 is 5.56. The Morgan fingerprint density at radius 3 is 2.93 bits per heavy atom. The molecule has 1 atom stereocenters. The minimum Gasteiger partial charge on any atom is -0.479 e. The van der Waals surface area contributed by atoms with Crippen molar-refractivity contribution >= 4 is 34.0 Å². The first-order chi connectivity index (χ1) is 13.0. The summed E-state index contributed by atoms with van der Waals surface area (Å²) in [7, 11) is 0. The van der Waals surface area contributed by atoms with Crippen LogP contribution in [0.15, 0.2) is 47.8 Å². The molecular formula is C20H17N3O3S. The van der Waals surface area contributed by atoms with E-state index < -0.39 is 6.10 Å². The van der Waals surface area contributed by atoms with Gasteiger partial charge in [-0.05, 0) is 44.2 Å². The number of fused-ring (bicyclic) bond motifs is 1. The molecule has 0 radical (unpaired) electrons. The largest absolute Gasteiger partial charge is 0.479 e. The highest BCUT2D eigenvalue weighted by molar-refractivity contribution is 7.14. The van der Waals surface area contributed by atoms with Crippen molar-refractivity contribution in [3.05, 3.63) is 59.0 Å². The molecule has 2 heterocycles. The maximum Gasteiger partial charge on any atom is 0.265 e. The average Bonchev–Trinajstić information content (AvgIpc) is 3.11. The molecule has 1 aliphatic heterocycles. The first kappa shape index (κ1) is 17.2. The molecule has 27 heavy (non-hydrogen) atoms. The van der Waals surface area contributed by atoms with Gasteiger partial charge in [-0.1, -0.05) is 17.7 Å². The van der Waals surface area contributed by atoms with Crippen LogP contribution in [0.3, 0.4) is 0 Å². The second kappa shape index (κ2) is 6.85. The number of carbonyl (C=O) groups excluding carboxylic acids is 2. The highest BCUT2D eigenvalue weighted by Gasteiger charge is 2.24. The summed E-state index contributed by atoms with van der Waals surface area (Å²) in [5.74, 6) is 0.262. The Bertz CT molecular complexity index is 1040. The van der Waals surface area contributed by atoms with E-state index in [1.165, 1.54) is 11.3 Å². The summed E-state index contributed by atoms with van der Waals surface area (Å²) in [5, 5.41) is 8.03. The lowest BCUT2D eigenvalue weighted by Gasteiger charge is -2.23. The van der Waals surface area contributed by atoms with Crippen molar-refractivity contribution in [3.63, 3.8) is 0 Å². The van der Waals surface area contributed by atoms with Gasteiger partial charge in [0.05, 0.1) is 11.4 Å². The summed E-state index contributed by atoms with van der Waals surface area (Å²) >= 11 is 1.35. The first-order valence-electron chi connectivity index (χ1n) is 8.45. The Balaban J connectivity index is 1.54. The Hall–Kier alpha value is -3.19. The number of hydrogen-bond donors (Lipinski definition) is 2. The molecule has 6 nitrogen and oxygen atoms in total. The van der Waals surface area contributed by atoms with Crippen LogP contribution >= 0.6 is 11.3 Å². The highest BCUT2D eigenvalue weighted by atomic mass is 32.1. The minimum atomic E-state index is -0.508. The van der Waals surface area contributed by atoms with E-state index in [9.17, 15) is 9.59 Å². The predicted octanol–water partition coefficient (Wildman–Crippen LogP) is 4.09. The highest BCUT2D eigenvalue weighted by Crippen LogP contribution is 2.35. The summed E-state index contributed by atoms with van der Waals surface area (Å²) in [4.78, 5) is 28.6. The molecule has 0 spiro atoms. The van der Waals surface area contributed by atoms with E-state index >= 15 is 0 Å². The fourth-order valence-corrected chi connectivity index (χ4v) is 3.50. The van der Waals surface area contributed by atoms with Crippen LogP contribution in [0.25, 0.3) is 11.3 Å². The first-order valence-corrected chi connectivity index (χ1v) is 9.33. The molecule has 1 aromatic heterocycles. The number of nitrogens with zero attached hydrogens (tertiary/aromatic N) is 1. The molecule has 2 aromatic carbocycles. The van der Waals surface area contributed by atoms with Gasteiger partial charge in [0, 0.05) is 16.5 Å². The Morgan fingerprint density at radius 1 is 1.26 bits per heavy atom. The summed E-state index contributed by atoms with van der Waals surface area (Å²) in [6.45, 7) is 3.65. The smallest absolute Gasteiger partial charge is 0.265 e. The number of nitrogens with one attached hydrogen (secondary N) is 2. The number of ether oxygens (including phenoxy) is 1. The van der Waals surface area contributed by atoms with Crippen LogP contribution in [0, 0.1) is 6.92 Å². The van der Waals surface area contributed by atoms with E-state index in [2.05, 4.69) is 15.6 Å². The van der Waals surface area contributed by atoms with Crippen LogP contribution in [0.4, 0.5) is 10.8 Å². The minimum absolute atomic E-state index is 0.177. The molecule has 0 unspecified atom stereocenters. The van der Waals surface area contributed by atoms with Crippen molar-refractivity contribution in [2.45, 2.75) is 20.0 Å². The van der Waals surface area contributed by atoms with E-state index in [0.717, 1.165) is 16.8 Å². The zero-order valence-corrected chi connectivity index (χ0v) is 15.6. The van der Waals surface area contributed by atoms with Gasteiger partial charge < -0.3 is 10.1 Å². The molecule has 136 valence electrons. The third kappa shape index (κ3) is 3.54. The number of hydrogen-bond acceptors (Lipinski definition) is 5. The fraction of sp³-hybridized carbons (Fsp3) is 0.150. The van der Waals surface area contributed by atoms with Gasteiger partial charge in [-0.3, -0.25) is 14.9 Å². The van der Waals surface area contributed by atoms with Crippen molar-refractivity contribution in [1.82, 2.24) is 4.98 Å². The molecule has 0 aliphatic carbocycles. The SMILES string of the molecule is Cc1cccc(C(=O)Nc2nc(-c3ccc4c(c3)NC(=O)[C@H](C)O4)cs2)c1. The molecule has 0 saturated carbocycles. The summed E-state index contributed by atoms with van der Waals surface area (Å²) in [6, 6.07) is 12.9. The number of benzene rings is 2. The van der Waals surface area contributed by atoms with Gasteiger partial charge in [-0.2, -0.15) is 0 Å². The van der Waals surface area contributed by atoms with Crippen molar-refractivity contribution in [2.24, 2.45) is 0 Å². The van der Waals surface area contributed by atoms with Crippen LogP contribution in [-0.2, 0) is 4.79 Å². The number of thiazole rings is 1. The number of aromatic nitrogens is 1. The Labute approximate surface area is 160 Å². The molecule has 0 bridgehead atoms. The normalized spacial score (nSPS) is 15.5. The fourth-order valence-electron chi connectivity index (χ4n) is 2.79. The lowest BCUT2D eigenvalue weighted by molar-refractivity contribution is -0.122. The van der Waals surface area contributed by atoms with E-state index in [0.29, 0.717) is 22.1 Å². The number of aryl methyl sites for hydroxylation is 1. The van der Waals surface area contributed by atoms with E-state index in [-0.39, 0.29) is 11.8 Å². The van der Waals surface area contributed by atoms with Crippen LogP contribution in [0.5, 0.6) is 5.75 Å². The van der Waals surface area contributed by atoms with E-state index in [1.54, 1.807) is 13.0 Å². The lowest BCUT2D eigenvalue weighted by atomic mass is 10.1. The van der Waals surface area contributed by atoms with Gasteiger partial charge in [0.15, 0.2) is 11.2 Å². The van der Waals surface area contributed by atoms with Gasteiger partial charge >= 0.3 is 0 Å². The molecule has 3 aromatic rings. The van der Waals surface area contributed by atoms with Gasteiger partial charge in [0.2, 0.25) is 0 Å². The molecule has 1 aliphatic rings. The summed E-state index contributed by atoms with van der Waals surface area (Å²) in [6.07, 6.45) is -0.508. The maximum absolute atomic E-state index is 12.4. The van der Waals surface area contributed by atoms with Gasteiger partial charge in [-0.25, -0.2) is 4.98 Å².